The number of nitrogens with zero attached hydrogens (tertiary/aromatic N) is 4. The molecule has 4 rings (SSSR count). The second-order valence-corrected chi connectivity index (χ2v) is 9.68. The number of ether oxygens (including phenoxy) is 1. The second kappa shape index (κ2) is 9.85. The molecule has 0 spiro atoms. The fourth-order valence-electron chi connectivity index (χ4n) is 3.95. The Bertz CT molecular complexity index is 1430. The first kappa shape index (κ1) is 25.6. The predicted octanol–water partition coefficient (Wildman–Crippen LogP) is 2.99. The van der Waals surface area contributed by atoms with Crippen LogP contribution in [0.5, 0.6) is 5.75 Å². The van der Waals surface area contributed by atoms with Gasteiger partial charge in [0.1, 0.15) is 11.6 Å². The van der Waals surface area contributed by atoms with Gasteiger partial charge in [0.25, 0.3) is 5.56 Å². The van der Waals surface area contributed by atoms with E-state index in [1.165, 1.54) is 42.1 Å². The van der Waals surface area contributed by atoms with E-state index < -0.39 is 40.6 Å². The van der Waals surface area contributed by atoms with Crippen molar-refractivity contribution in [3.05, 3.63) is 75.6 Å². The summed E-state index contributed by atoms with van der Waals surface area (Å²) in [5.41, 5.74) is 0.228. The molecule has 0 amide bonds. The third-order valence-corrected chi connectivity index (χ3v) is 7.10. The Hall–Kier alpha value is -3.52. The molecule has 192 valence electrons. The predicted molar refractivity (Wildman–Crippen MR) is 122 cm³/mol. The number of aryl methyl sites for hydroxylation is 1. The minimum absolute atomic E-state index is 0.000509. The molecule has 1 aliphatic heterocycles. The van der Waals surface area contributed by atoms with Gasteiger partial charge in [0.15, 0.2) is 5.82 Å². The van der Waals surface area contributed by atoms with E-state index in [4.69, 9.17) is 4.74 Å². The number of hydrogen-bond acceptors (Lipinski definition) is 6. The molecule has 2 aromatic heterocycles. The van der Waals surface area contributed by atoms with Crippen molar-refractivity contribution in [1.82, 2.24) is 19.1 Å². The molecule has 1 N–H and O–H groups in total. The lowest BCUT2D eigenvalue weighted by Crippen LogP contribution is -2.41. The Balaban J connectivity index is 1.68. The largest absolute Gasteiger partial charge is 0.495 e. The molecule has 0 aliphatic carbocycles. The summed E-state index contributed by atoms with van der Waals surface area (Å²) in [6.07, 6.45) is -4.75. The van der Waals surface area contributed by atoms with Crippen molar-refractivity contribution in [2.75, 3.05) is 18.4 Å². The van der Waals surface area contributed by atoms with Gasteiger partial charge in [-0.15, -0.1) is 5.10 Å². The van der Waals surface area contributed by atoms with Crippen molar-refractivity contribution in [1.29, 1.82) is 0 Å². The molecule has 36 heavy (non-hydrogen) atoms. The van der Waals surface area contributed by atoms with Crippen molar-refractivity contribution in [3.8, 4) is 11.4 Å². The maximum absolute atomic E-state index is 14.8. The van der Waals surface area contributed by atoms with Crippen LogP contribution in [0.25, 0.3) is 5.69 Å². The number of nitrogens with one attached hydrogen (secondary N) is 1. The molecular weight excluding hydrogens is 506 g/mol. The monoisotopic (exact) mass is 527 g/mol. The highest BCUT2D eigenvalue weighted by atomic mass is 32.2. The molecule has 3 heterocycles. The van der Waals surface area contributed by atoms with Gasteiger partial charge in [0.05, 0.1) is 12.8 Å². The van der Waals surface area contributed by atoms with Crippen LogP contribution in [0.1, 0.15) is 23.2 Å². The highest BCUT2D eigenvalue weighted by Crippen LogP contribution is 2.31. The molecule has 0 bridgehead atoms. The number of pyridine rings is 1. The summed E-state index contributed by atoms with van der Waals surface area (Å²) in [5, 5.41) is 7.33. The first-order valence-electron chi connectivity index (χ1n) is 10.7. The maximum Gasteiger partial charge on any atom is 0.389 e. The SMILES string of the molecule is COc1cc(CCC(F)(F)F)c(F)cc1-n1c2c(ccc1=O)CN(S(=O)(=O)Nc1cccnn1)CC2. The van der Waals surface area contributed by atoms with E-state index in [0.29, 0.717) is 11.3 Å². The van der Waals surface area contributed by atoms with Gasteiger partial charge in [0.2, 0.25) is 0 Å². The molecule has 3 aromatic rings. The number of anilines is 1. The fraction of sp³-hybridized carbons (Fsp3) is 0.318. The minimum Gasteiger partial charge on any atom is -0.495 e. The van der Waals surface area contributed by atoms with E-state index in [1.807, 2.05) is 0 Å². The topological polar surface area (TPSA) is 106 Å². The Morgan fingerprint density at radius 2 is 1.97 bits per heavy atom. The molecule has 9 nitrogen and oxygen atoms in total. The smallest absolute Gasteiger partial charge is 0.389 e. The average Bonchev–Trinajstić information content (AvgIpc) is 2.82. The average molecular weight is 528 g/mol. The zero-order valence-electron chi connectivity index (χ0n) is 18.9. The molecule has 0 saturated carbocycles. The number of hydrogen-bond donors (Lipinski definition) is 1. The number of alkyl halides is 3. The highest BCUT2D eigenvalue weighted by Gasteiger charge is 2.30. The van der Waals surface area contributed by atoms with E-state index in [9.17, 15) is 30.8 Å². The standard InChI is InChI=1S/C22H21F4N5O4S/c1-35-19-11-14(6-8-22(24,25)26)16(23)12-18(19)31-17-7-10-30(13-15(17)4-5-21(31)32)36(33,34)29-20-3-2-9-27-28-20/h2-5,9,11-12H,6-8,10,13H2,1H3,(H,28,29). The van der Waals surface area contributed by atoms with E-state index in [1.54, 1.807) is 0 Å². The summed E-state index contributed by atoms with van der Waals surface area (Å²) in [6.45, 7) is -0.0831. The molecule has 0 fully saturated rings. The minimum atomic E-state index is -4.46. The first-order chi connectivity index (χ1) is 17.0. The van der Waals surface area contributed by atoms with Crippen molar-refractivity contribution < 1.29 is 30.7 Å². The molecule has 14 heteroatoms. The van der Waals surface area contributed by atoms with Crippen LogP contribution in [0, 0.1) is 5.82 Å². The van der Waals surface area contributed by atoms with Gasteiger partial charge in [-0.3, -0.25) is 14.1 Å². The van der Waals surface area contributed by atoms with Crippen molar-refractivity contribution in [2.45, 2.75) is 32.0 Å². The number of halogens is 4. The van der Waals surface area contributed by atoms with Crippen LogP contribution in [0.2, 0.25) is 0 Å². The molecule has 0 atom stereocenters. The van der Waals surface area contributed by atoms with Gasteiger partial charge >= 0.3 is 16.4 Å². The van der Waals surface area contributed by atoms with Crippen LogP contribution in [-0.4, -0.2) is 47.3 Å². The molecule has 1 aliphatic rings. The van der Waals surface area contributed by atoms with Crippen LogP contribution < -0.4 is 15.0 Å². The Morgan fingerprint density at radius 1 is 1.19 bits per heavy atom. The molecule has 0 radical (unpaired) electrons. The van der Waals surface area contributed by atoms with Gasteiger partial charge in [-0.2, -0.15) is 31.0 Å². The quantitative estimate of drug-likeness (QED) is 0.474. The van der Waals surface area contributed by atoms with E-state index in [2.05, 4.69) is 14.9 Å². The van der Waals surface area contributed by atoms with Gasteiger partial charge in [-0.25, -0.2) is 4.39 Å². The van der Waals surface area contributed by atoms with Gasteiger partial charge in [-0.1, -0.05) is 6.07 Å². The number of aromatic nitrogens is 3. The van der Waals surface area contributed by atoms with Crippen LogP contribution in [0.4, 0.5) is 23.4 Å². The summed E-state index contributed by atoms with van der Waals surface area (Å²) in [4.78, 5) is 12.8. The zero-order valence-corrected chi connectivity index (χ0v) is 19.7. The lowest BCUT2D eigenvalue weighted by molar-refractivity contribution is -0.134. The molecule has 0 saturated heterocycles. The molecule has 0 unspecified atom stereocenters. The third-order valence-electron chi connectivity index (χ3n) is 5.65. The summed E-state index contributed by atoms with van der Waals surface area (Å²) < 4.78 is 88.3. The van der Waals surface area contributed by atoms with Crippen molar-refractivity contribution in [2.24, 2.45) is 0 Å². The Morgan fingerprint density at radius 3 is 2.64 bits per heavy atom. The molecule has 1 aromatic carbocycles. The van der Waals surface area contributed by atoms with Gasteiger partial charge in [-0.05, 0) is 35.7 Å². The van der Waals surface area contributed by atoms with Gasteiger partial charge < -0.3 is 4.74 Å². The summed E-state index contributed by atoms with van der Waals surface area (Å²) in [5.74, 6) is -0.852. The normalized spacial score (nSPS) is 14.4. The lowest BCUT2D eigenvalue weighted by Gasteiger charge is -2.30. The van der Waals surface area contributed by atoms with Crippen molar-refractivity contribution in [3.63, 3.8) is 0 Å². The van der Waals surface area contributed by atoms with E-state index >= 15 is 0 Å². The Labute approximate surface area is 203 Å². The fourth-order valence-corrected chi connectivity index (χ4v) is 5.09. The molecular formula is C22H21F4N5O4S. The number of fused-ring (bicyclic) bond motifs is 1. The number of methoxy groups -OCH3 is 1. The van der Waals surface area contributed by atoms with E-state index in [-0.39, 0.29) is 42.3 Å². The van der Waals surface area contributed by atoms with Crippen LogP contribution in [-0.2, 0) is 29.6 Å². The summed E-state index contributed by atoms with van der Waals surface area (Å²) in [6, 6.07) is 7.77. The van der Waals surface area contributed by atoms with E-state index in [0.717, 1.165) is 16.4 Å². The second-order valence-electron chi connectivity index (χ2n) is 8.01. The summed E-state index contributed by atoms with van der Waals surface area (Å²) in [7, 11) is -2.73. The van der Waals surface area contributed by atoms with Crippen LogP contribution in [0.3, 0.4) is 0 Å². The maximum atomic E-state index is 14.8. The van der Waals surface area contributed by atoms with Crippen LogP contribution >= 0.6 is 0 Å². The van der Waals surface area contributed by atoms with Crippen LogP contribution in [0.15, 0.2) is 47.4 Å². The highest BCUT2D eigenvalue weighted by molar-refractivity contribution is 7.90. The Kier molecular flexibility index (Phi) is 7.00. The third kappa shape index (κ3) is 5.49. The van der Waals surface area contributed by atoms with Crippen molar-refractivity contribution >= 4 is 16.0 Å². The summed E-state index contributed by atoms with van der Waals surface area (Å²) >= 11 is 0. The lowest BCUT2D eigenvalue weighted by atomic mass is 10.0. The number of rotatable bonds is 7. The zero-order chi connectivity index (χ0) is 26.1. The van der Waals surface area contributed by atoms with Gasteiger partial charge in [0, 0.05) is 50.0 Å². The number of benzene rings is 1. The first-order valence-corrected chi connectivity index (χ1v) is 12.2.